The van der Waals surface area contributed by atoms with E-state index in [-0.39, 0.29) is 24.4 Å². The summed E-state index contributed by atoms with van der Waals surface area (Å²) < 4.78 is 0. The summed E-state index contributed by atoms with van der Waals surface area (Å²) in [6.07, 6.45) is 0. The zero-order chi connectivity index (χ0) is 14.0. The van der Waals surface area contributed by atoms with Gasteiger partial charge in [0.2, 0.25) is 0 Å². The lowest BCUT2D eigenvalue weighted by molar-refractivity contribution is 0.0926. The smallest absolute Gasteiger partial charge is 0.318 e. The number of nitrogens with zero attached hydrogens (tertiary/aromatic N) is 1. The van der Waals surface area contributed by atoms with E-state index >= 15 is 0 Å². The van der Waals surface area contributed by atoms with Gasteiger partial charge in [-0.2, -0.15) is 0 Å². The van der Waals surface area contributed by atoms with Gasteiger partial charge in [-0.3, -0.25) is 4.79 Å². The molecule has 0 saturated carbocycles. The Labute approximate surface area is 117 Å². The molecule has 0 aliphatic carbocycles. The van der Waals surface area contributed by atoms with Gasteiger partial charge in [0.05, 0.1) is 12.6 Å². The number of rotatable bonds is 4. The quantitative estimate of drug-likeness (QED) is 0.862. The molecule has 1 aliphatic rings. The van der Waals surface area contributed by atoms with Gasteiger partial charge in [-0.15, -0.1) is 0 Å². The molecule has 1 fully saturated rings. The summed E-state index contributed by atoms with van der Waals surface area (Å²) in [7, 11) is 0. The summed E-state index contributed by atoms with van der Waals surface area (Å²) in [4.78, 5) is 25.6. The number of amides is 2. The number of hydrogen-bond acceptors (Lipinski definition) is 2. The summed E-state index contributed by atoms with van der Waals surface area (Å²) in [5, 5.41) is 3.30. The van der Waals surface area contributed by atoms with Crippen LogP contribution in [-0.4, -0.2) is 35.8 Å². The molecule has 1 aromatic rings. The second-order valence-corrected chi connectivity index (χ2v) is 5.50. The highest BCUT2D eigenvalue weighted by atomic mass is 35.5. The summed E-state index contributed by atoms with van der Waals surface area (Å²) >= 11 is 5.87. The highest BCUT2D eigenvalue weighted by Crippen LogP contribution is 2.17. The minimum absolute atomic E-state index is 0.0654. The number of carbonyl (C=O) groups is 2. The van der Waals surface area contributed by atoms with Crippen molar-refractivity contribution in [2.45, 2.75) is 19.9 Å². The van der Waals surface area contributed by atoms with Crippen LogP contribution < -0.4 is 5.32 Å². The van der Waals surface area contributed by atoms with Crippen LogP contribution in [0.2, 0.25) is 5.02 Å². The van der Waals surface area contributed by atoms with Crippen molar-refractivity contribution in [1.29, 1.82) is 0 Å². The Morgan fingerprint density at radius 1 is 1.53 bits per heavy atom. The third-order valence-electron chi connectivity index (χ3n) is 3.35. The van der Waals surface area contributed by atoms with E-state index in [1.807, 2.05) is 13.8 Å². The first-order chi connectivity index (χ1) is 8.99. The topological polar surface area (TPSA) is 49.4 Å². The van der Waals surface area contributed by atoms with Crippen LogP contribution in [0.4, 0.5) is 4.79 Å². The van der Waals surface area contributed by atoms with Gasteiger partial charge in [-0.25, -0.2) is 4.79 Å². The zero-order valence-electron chi connectivity index (χ0n) is 11.0. The molecule has 1 aliphatic heterocycles. The van der Waals surface area contributed by atoms with Crippen LogP contribution in [0, 0.1) is 5.92 Å². The Morgan fingerprint density at radius 2 is 2.26 bits per heavy atom. The van der Waals surface area contributed by atoms with Crippen LogP contribution in [0.5, 0.6) is 0 Å². The van der Waals surface area contributed by atoms with E-state index in [1.165, 1.54) is 0 Å². The fourth-order valence-corrected chi connectivity index (χ4v) is 2.44. The average molecular weight is 281 g/mol. The van der Waals surface area contributed by atoms with Gasteiger partial charge in [-0.1, -0.05) is 37.6 Å². The number of hydrogen-bond donors (Lipinski definition) is 1. The molecule has 0 unspecified atom stereocenters. The Bertz CT molecular complexity index is 502. The molecule has 1 heterocycles. The number of nitrogens with one attached hydrogen (secondary N) is 1. The van der Waals surface area contributed by atoms with Crippen molar-refractivity contribution >= 4 is 23.4 Å². The monoisotopic (exact) mass is 280 g/mol. The second-order valence-electron chi connectivity index (χ2n) is 5.06. The van der Waals surface area contributed by atoms with E-state index in [0.29, 0.717) is 23.0 Å². The second kappa shape index (κ2) is 5.61. The molecular weight excluding hydrogens is 264 g/mol. The normalized spacial score (nSPS) is 18.8. The van der Waals surface area contributed by atoms with E-state index in [9.17, 15) is 9.59 Å². The molecule has 5 heteroatoms. The highest BCUT2D eigenvalue weighted by molar-refractivity contribution is 6.31. The van der Waals surface area contributed by atoms with Gasteiger partial charge in [0.15, 0.2) is 5.78 Å². The lowest BCUT2D eigenvalue weighted by Crippen LogP contribution is -2.40. The molecule has 0 aromatic heterocycles. The van der Waals surface area contributed by atoms with Crippen LogP contribution in [0.25, 0.3) is 0 Å². The first kappa shape index (κ1) is 13.9. The average Bonchev–Trinajstić information content (AvgIpc) is 2.71. The van der Waals surface area contributed by atoms with Crippen molar-refractivity contribution in [2.75, 3.05) is 13.1 Å². The van der Waals surface area contributed by atoms with Gasteiger partial charge in [0.1, 0.15) is 0 Å². The minimum atomic E-state index is -0.172. The third kappa shape index (κ3) is 3.07. The number of carbonyl (C=O) groups excluding carboxylic acids is 2. The largest absolute Gasteiger partial charge is 0.336 e. The Balaban J connectivity index is 2.11. The molecular formula is C14H17ClN2O2. The molecule has 0 radical (unpaired) electrons. The van der Waals surface area contributed by atoms with Crippen LogP contribution in [0.15, 0.2) is 24.3 Å². The minimum Gasteiger partial charge on any atom is -0.336 e. The predicted octanol–water partition coefficient (Wildman–Crippen LogP) is 2.57. The number of halogens is 1. The van der Waals surface area contributed by atoms with Gasteiger partial charge in [-0.05, 0) is 18.1 Å². The van der Waals surface area contributed by atoms with Crippen LogP contribution in [0.1, 0.15) is 24.2 Å². The standard InChI is InChI=1S/C14H17ClN2O2/c1-9(2)12-7-16-14(19)17(12)8-13(18)10-4-3-5-11(15)6-10/h3-6,9,12H,7-8H2,1-2H3,(H,16,19)/t12-/m1/s1. The fourth-order valence-electron chi connectivity index (χ4n) is 2.25. The van der Waals surface area contributed by atoms with Crippen molar-refractivity contribution in [1.82, 2.24) is 10.2 Å². The Morgan fingerprint density at radius 3 is 2.89 bits per heavy atom. The number of urea groups is 1. The molecule has 1 saturated heterocycles. The van der Waals surface area contributed by atoms with Gasteiger partial charge < -0.3 is 10.2 Å². The zero-order valence-corrected chi connectivity index (χ0v) is 11.8. The molecule has 1 atom stereocenters. The lowest BCUT2D eigenvalue weighted by Gasteiger charge is -2.25. The van der Waals surface area contributed by atoms with E-state index in [0.717, 1.165) is 0 Å². The highest BCUT2D eigenvalue weighted by Gasteiger charge is 2.33. The number of benzene rings is 1. The summed E-state index contributed by atoms with van der Waals surface area (Å²) in [6, 6.07) is 6.69. The van der Waals surface area contributed by atoms with E-state index in [4.69, 9.17) is 11.6 Å². The van der Waals surface area contributed by atoms with Crippen LogP contribution in [0.3, 0.4) is 0 Å². The van der Waals surface area contributed by atoms with Crippen molar-refractivity contribution in [3.05, 3.63) is 34.9 Å². The molecule has 2 amide bonds. The molecule has 4 nitrogen and oxygen atoms in total. The van der Waals surface area contributed by atoms with Crippen molar-refractivity contribution in [3.63, 3.8) is 0 Å². The summed E-state index contributed by atoms with van der Waals surface area (Å²) in [6.45, 7) is 4.78. The van der Waals surface area contributed by atoms with Crippen molar-refractivity contribution in [3.8, 4) is 0 Å². The maximum atomic E-state index is 12.2. The van der Waals surface area contributed by atoms with Crippen molar-refractivity contribution < 1.29 is 9.59 Å². The first-order valence-electron chi connectivity index (χ1n) is 6.32. The van der Waals surface area contributed by atoms with Gasteiger partial charge in [0, 0.05) is 17.1 Å². The van der Waals surface area contributed by atoms with E-state index in [1.54, 1.807) is 29.2 Å². The fraction of sp³-hybridized carbons (Fsp3) is 0.429. The van der Waals surface area contributed by atoms with Crippen LogP contribution >= 0.6 is 11.6 Å². The molecule has 2 rings (SSSR count). The maximum Gasteiger partial charge on any atom is 0.318 e. The first-order valence-corrected chi connectivity index (χ1v) is 6.70. The third-order valence-corrected chi connectivity index (χ3v) is 3.59. The molecule has 102 valence electrons. The van der Waals surface area contributed by atoms with Crippen LogP contribution in [-0.2, 0) is 0 Å². The lowest BCUT2D eigenvalue weighted by atomic mass is 10.0. The molecule has 1 aromatic carbocycles. The molecule has 0 bridgehead atoms. The van der Waals surface area contributed by atoms with Gasteiger partial charge >= 0.3 is 6.03 Å². The number of Topliss-reactive ketones (excluding diaryl/α,β-unsaturated/α-hetero) is 1. The van der Waals surface area contributed by atoms with E-state index < -0.39 is 0 Å². The van der Waals surface area contributed by atoms with E-state index in [2.05, 4.69) is 5.32 Å². The Kier molecular flexibility index (Phi) is 4.10. The SMILES string of the molecule is CC(C)[C@H]1CNC(=O)N1CC(=O)c1cccc(Cl)c1. The Hall–Kier alpha value is -1.55. The maximum absolute atomic E-state index is 12.2. The molecule has 19 heavy (non-hydrogen) atoms. The predicted molar refractivity (Wildman–Crippen MR) is 74.5 cm³/mol. The summed E-state index contributed by atoms with van der Waals surface area (Å²) in [5.74, 6) is 0.219. The van der Waals surface area contributed by atoms with Gasteiger partial charge in [0.25, 0.3) is 0 Å². The van der Waals surface area contributed by atoms with Crippen molar-refractivity contribution in [2.24, 2.45) is 5.92 Å². The number of ketones is 1. The molecule has 0 spiro atoms. The molecule has 1 N–H and O–H groups in total. The summed E-state index contributed by atoms with van der Waals surface area (Å²) in [5.41, 5.74) is 0.537.